The average Bonchev–Trinajstić information content (AvgIpc) is 2.81. The average molecular weight is 299 g/mol. The fraction of sp³-hybridized carbons (Fsp3) is 0.471. The molecule has 0 amide bonds. The van der Waals surface area contributed by atoms with Crippen molar-refractivity contribution in [2.24, 2.45) is 7.05 Å². The van der Waals surface area contributed by atoms with E-state index in [4.69, 9.17) is 5.73 Å². The Morgan fingerprint density at radius 3 is 2.50 bits per heavy atom. The third-order valence-electron chi connectivity index (χ3n) is 4.64. The highest BCUT2D eigenvalue weighted by molar-refractivity contribution is 5.56. The van der Waals surface area contributed by atoms with Crippen molar-refractivity contribution >= 4 is 11.5 Å². The summed E-state index contributed by atoms with van der Waals surface area (Å²) in [4.78, 5) is 4.94. The van der Waals surface area contributed by atoms with E-state index in [0.29, 0.717) is 0 Å². The Labute approximate surface area is 132 Å². The molecule has 1 aliphatic rings. The maximum Gasteiger partial charge on any atom is 0.121 e. The molecule has 0 radical (unpaired) electrons. The molecule has 5 nitrogen and oxygen atoms in total. The molecule has 2 heterocycles. The minimum absolute atomic E-state index is 0.726. The fourth-order valence-electron chi connectivity index (χ4n) is 3.07. The van der Waals surface area contributed by atoms with E-state index >= 15 is 0 Å². The number of anilines is 2. The van der Waals surface area contributed by atoms with Crippen molar-refractivity contribution in [3.8, 4) is 0 Å². The first kappa shape index (κ1) is 14.9. The zero-order valence-electron chi connectivity index (χ0n) is 13.7. The van der Waals surface area contributed by atoms with Gasteiger partial charge in [0.25, 0.3) is 0 Å². The summed E-state index contributed by atoms with van der Waals surface area (Å²) in [5.74, 6) is 0.726. The van der Waals surface area contributed by atoms with Crippen LogP contribution in [0.3, 0.4) is 0 Å². The van der Waals surface area contributed by atoms with Gasteiger partial charge in [0.15, 0.2) is 0 Å². The fourth-order valence-corrected chi connectivity index (χ4v) is 3.07. The number of aryl methyl sites for hydroxylation is 2. The summed E-state index contributed by atoms with van der Waals surface area (Å²) >= 11 is 0. The van der Waals surface area contributed by atoms with Crippen molar-refractivity contribution < 1.29 is 0 Å². The van der Waals surface area contributed by atoms with Crippen LogP contribution in [-0.2, 0) is 13.6 Å². The summed E-state index contributed by atoms with van der Waals surface area (Å²) in [6.07, 6.45) is 0. The van der Waals surface area contributed by atoms with Gasteiger partial charge in [0.05, 0.1) is 5.69 Å². The number of rotatable bonds is 3. The van der Waals surface area contributed by atoms with E-state index in [-0.39, 0.29) is 0 Å². The van der Waals surface area contributed by atoms with Crippen LogP contribution < -0.4 is 10.6 Å². The molecule has 0 aliphatic carbocycles. The van der Waals surface area contributed by atoms with Crippen LogP contribution in [0.25, 0.3) is 0 Å². The smallest absolute Gasteiger partial charge is 0.121 e. The first-order chi connectivity index (χ1) is 10.5. The Hall–Kier alpha value is -2.01. The number of aromatic nitrogens is 2. The van der Waals surface area contributed by atoms with Crippen LogP contribution in [0.1, 0.15) is 16.8 Å². The SMILES string of the molecule is Cc1cccc(N2CCN(Cc3cc(N)n(C)n3)CC2)c1C. The van der Waals surface area contributed by atoms with Crippen molar-refractivity contribution in [1.29, 1.82) is 0 Å². The molecule has 0 bridgehead atoms. The summed E-state index contributed by atoms with van der Waals surface area (Å²) in [5.41, 5.74) is 11.0. The minimum Gasteiger partial charge on any atom is -0.384 e. The predicted octanol–water partition coefficient (Wildman–Crippen LogP) is 1.94. The van der Waals surface area contributed by atoms with Crippen molar-refractivity contribution in [2.75, 3.05) is 36.8 Å². The van der Waals surface area contributed by atoms with E-state index in [0.717, 1.165) is 44.2 Å². The van der Waals surface area contributed by atoms with Gasteiger partial charge in [-0.2, -0.15) is 5.10 Å². The molecule has 2 aromatic rings. The van der Waals surface area contributed by atoms with Gasteiger partial charge in [-0.05, 0) is 31.0 Å². The van der Waals surface area contributed by atoms with Gasteiger partial charge in [0.2, 0.25) is 0 Å². The molecule has 0 atom stereocenters. The number of piperazine rings is 1. The Morgan fingerprint density at radius 1 is 1.14 bits per heavy atom. The second kappa shape index (κ2) is 6.01. The van der Waals surface area contributed by atoms with E-state index in [1.807, 2.05) is 13.1 Å². The van der Waals surface area contributed by atoms with Crippen molar-refractivity contribution in [1.82, 2.24) is 14.7 Å². The Bertz CT molecular complexity index is 634. The van der Waals surface area contributed by atoms with E-state index in [1.165, 1.54) is 16.8 Å². The third-order valence-corrected chi connectivity index (χ3v) is 4.64. The van der Waals surface area contributed by atoms with Gasteiger partial charge >= 0.3 is 0 Å². The summed E-state index contributed by atoms with van der Waals surface area (Å²) < 4.78 is 1.74. The molecule has 0 unspecified atom stereocenters. The van der Waals surface area contributed by atoms with Crippen molar-refractivity contribution in [3.05, 3.63) is 41.1 Å². The third kappa shape index (κ3) is 2.95. The molecular formula is C17H25N5. The van der Waals surface area contributed by atoms with Gasteiger partial charge in [-0.1, -0.05) is 12.1 Å². The van der Waals surface area contributed by atoms with Crippen LogP contribution in [0.2, 0.25) is 0 Å². The van der Waals surface area contributed by atoms with Gasteiger partial charge in [-0.25, -0.2) is 0 Å². The maximum atomic E-state index is 5.85. The van der Waals surface area contributed by atoms with Gasteiger partial charge in [-0.15, -0.1) is 0 Å². The molecule has 1 aliphatic heterocycles. The van der Waals surface area contributed by atoms with Crippen LogP contribution in [-0.4, -0.2) is 40.9 Å². The van der Waals surface area contributed by atoms with Gasteiger partial charge in [0, 0.05) is 51.5 Å². The standard InChI is InChI=1S/C17H25N5/c1-13-5-4-6-16(14(13)2)22-9-7-21(8-10-22)12-15-11-17(18)20(3)19-15/h4-6,11H,7-10,12,18H2,1-3H3. The first-order valence-corrected chi connectivity index (χ1v) is 7.86. The zero-order chi connectivity index (χ0) is 15.7. The van der Waals surface area contributed by atoms with Crippen molar-refractivity contribution in [2.45, 2.75) is 20.4 Å². The summed E-state index contributed by atoms with van der Waals surface area (Å²) in [7, 11) is 1.89. The van der Waals surface area contributed by atoms with Crippen LogP contribution >= 0.6 is 0 Å². The van der Waals surface area contributed by atoms with Gasteiger partial charge < -0.3 is 10.6 Å². The molecular weight excluding hydrogens is 274 g/mol. The molecule has 1 aromatic heterocycles. The molecule has 0 spiro atoms. The number of nitrogens with two attached hydrogens (primary N) is 1. The molecule has 0 saturated carbocycles. The lowest BCUT2D eigenvalue weighted by atomic mass is 10.1. The van der Waals surface area contributed by atoms with Crippen molar-refractivity contribution in [3.63, 3.8) is 0 Å². The highest BCUT2D eigenvalue weighted by Gasteiger charge is 2.19. The molecule has 2 N–H and O–H groups in total. The molecule has 118 valence electrons. The molecule has 1 fully saturated rings. The quantitative estimate of drug-likeness (QED) is 0.941. The number of nitrogens with zero attached hydrogens (tertiary/aromatic N) is 4. The maximum absolute atomic E-state index is 5.85. The van der Waals surface area contributed by atoms with E-state index in [9.17, 15) is 0 Å². The molecule has 1 saturated heterocycles. The second-order valence-electron chi connectivity index (χ2n) is 6.17. The monoisotopic (exact) mass is 299 g/mol. The molecule has 3 rings (SSSR count). The van der Waals surface area contributed by atoms with Gasteiger partial charge in [0.1, 0.15) is 5.82 Å². The molecule has 5 heteroatoms. The topological polar surface area (TPSA) is 50.3 Å². The lowest BCUT2D eigenvalue weighted by molar-refractivity contribution is 0.246. The number of hydrogen-bond donors (Lipinski definition) is 1. The summed E-state index contributed by atoms with van der Waals surface area (Å²) in [6.45, 7) is 9.52. The summed E-state index contributed by atoms with van der Waals surface area (Å²) in [6, 6.07) is 8.54. The van der Waals surface area contributed by atoms with Crippen LogP contribution in [0.4, 0.5) is 11.5 Å². The van der Waals surface area contributed by atoms with Gasteiger partial charge in [-0.3, -0.25) is 9.58 Å². The largest absolute Gasteiger partial charge is 0.384 e. The highest BCUT2D eigenvalue weighted by Crippen LogP contribution is 2.24. The Kier molecular flexibility index (Phi) is 4.07. The Morgan fingerprint density at radius 2 is 1.86 bits per heavy atom. The second-order valence-corrected chi connectivity index (χ2v) is 6.17. The van der Waals surface area contributed by atoms with E-state index in [2.05, 4.69) is 46.9 Å². The van der Waals surface area contributed by atoms with Crippen LogP contribution in [0.5, 0.6) is 0 Å². The van der Waals surface area contributed by atoms with E-state index < -0.39 is 0 Å². The lowest BCUT2D eigenvalue weighted by Gasteiger charge is -2.36. The van der Waals surface area contributed by atoms with Crippen LogP contribution in [0, 0.1) is 13.8 Å². The first-order valence-electron chi connectivity index (χ1n) is 7.86. The summed E-state index contributed by atoms with van der Waals surface area (Å²) in [5, 5.41) is 4.44. The zero-order valence-corrected chi connectivity index (χ0v) is 13.7. The molecule has 22 heavy (non-hydrogen) atoms. The minimum atomic E-state index is 0.726. The normalized spacial score (nSPS) is 16.2. The van der Waals surface area contributed by atoms with E-state index in [1.54, 1.807) is 4.68 Å². The Balaban J connectivity index is 1.61. The number of hydrogen-bond acceptors (Lipinski definition) is 4. The predicted molar refractivity (Wildman–Crippen MR) is 91.0 cm³/mol. The number of nitrogen functional groups attached to an aromatic ring is 1. The highest BCUT2D eigenvalue weighted by atomic mass is 15.3. The van der Waals surface area contributed by atoms with Crippen LogP contribution in [0.15, 0.2) is 24.3 Å². The molecule has 1 aromatic carbocycles. The number of benzene rings is 1. The lowest BCUT2D eigenvalue weighted by Crippen LogP contribution is -2.46.